The summed E-state index contributed by atoms with van der Waals surface area (Å²) in [5, 5.41) is 3.62. The molecule has 2 rings (SSSR count). The summed E-state index contributed by atoms with van der Waals surface area (Å²) in [4.78, 5) is 24.5. The van der Waals surface area contributed by atoms with E-state index in [0.29, 0.717) is 28.7 Å². The number of rotatable bonds is 4. The van der Waals surface area contributed by atoms with Crippen molar-refractivity contribution in [3.8, 4) is 0 Å². The standard InChI is InChI=1S/C13H14Cl2N2O3/c1-17-7-11(20-13(17)19)2-3-12(18)16-10-5-8(14)4-9(15)6-10/h4-6,11H,2-3,7H2,1H3,(H,16,18). The van der Waals surface area contributed by atoms with Crippen LogP contribution in [-0.2, 0) is 9.53 Å². The minimum Gasteiger partial charge on any atom is -0.444 e. The second kappa shape index (κ2) is 6.33. The number of hydrogen-bond donors (Lipinski definition) is 1. The minimum atomic E-state index is -0.350. The van der Waals surface area contributed by atoms with Gasteiger partial charge in [0.05, 0.1) is 6.54 Å². The monoisotopic (exact) mass is 316 g/mol. The van der Waals surface area contributed by atoms with Crippen molar-refractivity contribution in [2.45, 2.75) is 18.9 Å². The molecule has 0 spiro atoms. The van der Waals surface area contributed by atoms with Crippen LogP contribution in [0.3, 0.4) is 0 Å². The van der Waals surface area contributed by atoms with Gasteiger partial charge in [0.25, 0.3) is 0 Å². The number of likely N-dealkylation sites (N-methyl/N-ethyl adjacent to an activating group) is 1. The number of carbonyl (C=O) groups excluding carboxylic acids is 2. The Balaban J connectivity index is 1.82. The largest absolute Gasteiger partial charge is 0.444 e. The molecule has 0 radical (unpaired) electrons. The Hall–Kier alpha value is -1.46. The van der Waals surface area contributed by atoms with Gasteiger partial charge in [-0.2, -0.15) is 0 Å². The van der Waals surface area contributed by atoms with E-state index in [2.05, 4.69) is 5.32 Å². The van der Waals surface area contributed by atoms with E-state index < -0.39 is 0 Å². The summed E-state index contributed by atoms with van der Waals surface area (Å²) in [6.45, 7) is 0.509. The van der Waals surface area contributed by atoms with E-state index in [-0.39, 0.29) is 24.5 Å². The van der Waals surface area contributed by atoms with Crippen molar-refractivity contribution in [1.29, 1.82) is 0 Å². The van der Waals surface area contributed by atoms with Crippen molar-refractivity contribution in [1.82, 2.24) is 4.90 Å². The Kier molecular flexibility index (Phi) is 4.73. The van der Waals surface area contributed by atoms with E-state index in [1.54, 1.807) is 25.2 Å². The van der Waals surface area contributed by atoms with Crippen LogP contribution >= 0.6 is 23.2 Å². The van der Waals surface area contributed by atoms with Gasteiger partial charge in [0.2, 0.25) is 5.91 Å². The quantitative estimate of drug-likeness (QED) is 0.928. The van der Waals surface area contributed by atoms with Crippen LogP contribution in [0.4, 0.5) is 10.5 Å². The van der Waals surface area contributed by atoms with Gasteiger partial charge in [0.15, 0.2) is 0 Å². The van der Waals surface area contributed by atoms with Crippen LogP contribution in [0, 0.1) is 0 Å². The van der Waals surface area contributed by atoms with Crippen LogP contribution in [-0.4, -0.2) is 36.6 Å². The molecule has 20 heavy (non-hydrogen) atoms. The van der Waals surface area contributed by atoms with Crippen LogP contribution in [0.5, 0.6) is 0 Å². The summed E-state index contributed by atoms with van der Waals surface area (Å²) in [7, 11) is 1.66. The number of nitrogens with one attached hydrogen (secondary N) is 1. The minimum absolute atomic E-state index is 0.172. The zero-order chi connectivity index (χ0) is 14.7. The van der Waals surface area contributed by atoms with E-state index in [1.165, 1.54) is 4.90 Å². The number of benzene rings is 1. The Bertz CT molecular complexity index is 516. The van der Waals surface area contributed by atoms with Gasteiger partial charge in [0.1, 0.15) is 6.10 Å². The van der Waals surface area contributed by atoms with Gasteiger partial charge in [-0.1, -0.05) is 23.2 Å². The number of cyclic esters (lactones) is 1. The molecule has 1 heterocycles. The molecule has 1 aromatic carbocycles. The second-order valence-electron chi connectivity index (χ2n) is 4.63. The van der Waals surface area contributed by atoms with Gasteiger partial charge in [-0.05, 0) is 24.6 Å². The fourth-order valence-electron chi connectivity index (χ4n) is 1.94. The van der Waals surface area contributed by atoms with Gasteiger partial charge in [0, 0.05) is 29.2 Å². The Labute approximate surface area is 126 Å². The lowest BCUT2D eigenvalue weighted by Gasteiger charge is -2.09. The second-order valence-corrected chi connectivity index (χ2v) is 5.50. The highest BCUT2D eigenvalue weighted by atomic mass is 35.5. The molecule has 1 unspecified atom stereocenters. The molecule has 0 saturated carbocycles. The maximum Gasteiger partial charge on any atom is 0.409 e. The first-order valence-corrected chi connectivity index (χ1v) is 6.87. The van der Waals surface area contributed by atoms with Gasteiger partial charge < -0.3 is 15.0 Å². The van der Waals surface area contributed by atoms with Crippen LogP contribution in [0.25, 0.3) is 0 Å². The first kappa shape index (κ1) is 14.9. The number of amides is 2. The van der Waals surface area contributed by atoms with Crippen molar-refractivity contribution < 1.29 is 14.3 Å². The normalized spacial score (nSPS) is 18.1. The fourth-order valence-corrected chi connectivity index (χ4v) is 2.47. The number of anilines is 1. The third-order valence-electron chi connectivity index (χ3n) is 2.90. The predicted molar refractivity (Wildman–Crippen MR) is 77.2 cm³/mol. The summed E-state index contributed by atoms with van der Waals surface area (Å²) >= 11 is 11.7. The average Bonchev–Trinajstić information content (AvgIpc) is 2.65. The summed E-state index contributed by atoms with van der Waals surface area (Å²) in [6, 6.07) is 4.83. The summed E-state index contributed by atoms with van der Waals surface area (Å²) in [5.41, 5.74) is 0.549. The van der Waals surface area contributed by atoms with Gasteiger partial charge in [-0.3, -0.25) is 4.79 Å². The molecule has 1 saturated heterocycles. The number of halogens is 2. The van der Waals surface area contributed by atoms with Crippen molar-refractivity contribution in [2.75, 3.05) is 18.9 Å². The number of hydrogen-bond acceptors (Lipinski definition) is 3. The number of ether oxygens (including phenoxy) is 1. The van der Waals surface area contributed by atoms with Crippen molar-refractivity contribution in [3.05, 3.63) is 28.2 Å². The van der Waals surface area contributed by atoms with Crippen molar-refractivity contribution >= 4 is 40.9 Å². The lowest BCUT2D eigenvalue weighted by atomic mass is 10.2. The summed E-state index contributed by atoms with van der Waals surface area (Å²) in [5.74, 6) is -0.172. The molecule has 5 nitrogen and oxygen atoms in total. The smallest absolute Gasteiger partial charge is 0.409 e. The Morgan fingerprint density at radius 3 is 2.60 bits per heavy atom. The maximum absolute atomic E-state index is 11.8. The molecule has 0 bridgehead atoms. The molecular weight excluding hydrogens is 303 g/mol. The highest BCUT2D eigenvalue weighted by molar-refractivity contribution is 6.35. The molecular formula is C13H14Cl2N2O3. The highest BCUT2D eigenvalue weighted by Gasteiger charge is 2.28. The first-order chi connectivity index (χ1) is 9.44. The van der Waals surface area contributed by atoms with Crippen molar-refractivity contribution in [3.63, 3.8) is 0 Å². The maximum atomic E-state index is 11.8. The van der Waals surface area contributed by atoms with Gasteiger partial charge >= 0.3 is 6.09 Å². The third kappa shape index (κ3) is 4.02. The molecule has 1 N–H and O–H groups in total. The molecule has 0 aromatic heterocycles. The van der Waals surface area contributed by atoms with Gasteiger partial charge in [-0.25, -0.2) is 4.79 Å². The molecule has 1 aliphatic heterocycles. The van der Waals surface area contributed by atoms with Crippen molar-refractivity contribution in [2.24, 2.45) is 0 Å². The van der Waals surface area contributed by atoms with E-state index in [1.807, 2.05) is 0 Å². The molecule has 1 aromatic rings. The van der Waals surface area contributed by atoms with E-state index in [0.717, 1.165) is 0 Å². The molecule has 1 fully saturated rings. The average molecular weight is 317 g/mol. The molecule has 108 valence electrons. The number of carbonyl (C=O) groups is 2. The first-order valence-electron chi connectivity index (χ1n) is 6.12. The van der Waals surface area contributed by atoms with Crippen LogP contribution < -0.4 is 5.32 Å². The summed E-state index contributed by atoms with van der Waals surface area (Å²) < 4.78 is 5.08. The molecule has 2 amide bonds. The Morgan fingerprint density at radius 2 is 2.05 bits per heavy atom. The predicted octanol–water partition coefficient (Wildman–Crippen LogP) is 3.16. The highest BCUT2D eigenvalue weighted by Crippen LogP contribution is 2.23. The lowest BCUT2D eigenvalue weighted by molar-refractivity contribution is -0.116. The number of nitrogens with zero attached hydrogens (tertiary/aromatic N) is 1. The molecule has 1 aliphatic rings. The lowest BCUT2D eigenvalue weighted by Crippen LogP contribution is -2.20. The Morgan fingerprint density at radius 1 is 1.40 bits per heavy atom. The topological polar surface area (TPSA) is 58.6 Å². The van der Waals surface area contributed by atoms with Crippen LogP contribution in [0.15, 0.2) is 18.2 Å². The third-order valence-corrected chi connectivity index (χ3v) is 3.33. The zero-order valence-electron chi connectivity index (χ0n) is 10.9. The molecule has 0 aliphatic carbocycles. The molecule has 1 atom stereocenters. The molecule has 7 heteroatoms. The van der Waals surface area contributed by atoms with Gasteiger partial charge in [-0.15, -0.1) is 0 Å². The van der Waals surface area contributed by atoms with E-state index >= 15 is 0 Å². The zero-order valence-corrected chi connectivity index (χ0v) is 12.4. The fraction of sp³-hybridized carbons (Fsp3) is 0.385. The SMILES string of the molecule is CN1CC(CCC(=O)Nc2cc(Cl)cc(Cl)c2)OC1=O. The van der Waals surface area contributed by atoms with Crippen LogP contribution in [0.2, 0.25) is 10.0 Å². The van der Waals surface area contributed by atoms with E-state index in [4.69, 9.17) is 27.9 Å². The summed E-state index contributed by atoms with van der Waals surface area (Å²) in [6.07, 6.45) is 0.157. The van der Waals surface area contributed by atoms with E-state index in [9.17, 15) is 9.59 Å². The van der Waals surface area contributed by atoms with Crippen LogP contribution in [0.1, 0.15) is 12.8 Å².